The Morgan fingerprint density at radius 1 is 0.721 bits per heavy atom. The molecule has 0 bridgehead atoms. The number of primary sulfonamides is 1. The second-order valence-electron chi connectivity index (χ2n) is 15.4. The molecule has 0 aliphatic heterocycles. The number of nitrogens with zero attached hydrogens (tertiary/aromatic N) is 9. The molecule has 2 aromatic carbocycles. The predicted molar refractivity (Wildman–Crippen MR) is 250 cm³/mol. The smallest absolute Gasteiger partial charge is 0.333 e. The molecule has 360 valence electrons. The first-order chi connectivity index (χ1) is 32.0. The van der Waals surface area contributed by atoms with Gasteiger partial charge in [0.05, 0.1) is 43.7 Å². The van der Waals surface area contributed by atoms with Gasteiger partial charge in [-0.2, -0.15) is 18.6 Å². The largest absolute Gasteiger partial charge is 0.481 e. The van der Waals surface area contributed by atoms with Crippen LogP contribution in [0, 0.1) is 23.2 Å². The van der Waals surface area contributed by atoms with Crippen LogP contribution in [0.1, 0.15) is 50.7 Å². The van der Waals surface area contributed by atoms with Crippen LogP contribution in [0.4, 0.5) is 30.6 Å². The summed E-state index contributed by atoms with van der Waals surface area (Å²) in [5, 5.41) is 29.9. The third-order valence-corrected chi connectivity index (χ3v) is 11.4. The zero-order valence-electron chi connectivity index (χ0n) is 38.7. The Hall–Kier alpha value is -7.62. The molecule has 4 N–H and O–H groups in total. The minimum absolute atomic E-state index is 0.0199. The van der Waals surface area contributed by atoms with E-state index in [1.165, 1.54) is 69.2 Å². The van der Waals surface area contributed by atoms with Gasteiger partial charge in [0.15, 0.2) is 15.8 Å². The number of methoxy groups -OCH3 is 2. The Morgan fingerprint density at radius 2 is 1.19 bits per heavy atom. The third-order valence-electron chi connectivity index (χ3n) is 9.42. The minimum atomic E-state index is -4.33. The zero-order valence-corrected chi connectivity index (χ0v) is 40.3. The highest BCUT2D eigenvalue weighted by molar-refractivity contribution is 7.90. The number of anilines is 3. The number of rotatable bonds is 13. The van der Waals surface area contributed by atoms with Crippen molar-refractivity contribution >= 4 is 43.1 Å². The molecular formula is C44H50F2N12O8S2. The average molecular weight is 977 g/mol. The van der Waals surface area contributed by atoms with Crippen molar-refractivity contribution in [2.75, 3.05) is 57.5 Å². The number of hydrogen-bond donors (Lipinski definition) is 3. The van der Waals surface area contributed by atoms with E-state index in [4.69, 9.17) is 24.6 Å². The van der Waals surface area contributed by atoms with Crippen molar-refractivity contribution < 1.29 is 44.6 Å². The van der Waals surface area contributed by atoms with Crippen LogP contribution in [0.25, 0.3) is 22.3 Å². The van der Waals surface area contributed by atoms with Gasteiger partial charge in [0.1, 0.15) is 11.6 Å². The van der Waals surface area contributed by atoms with Crippen molar-refractivity contribution in [3.05, 3.63) is 108 Å². The maximum atomic E-state index is 14.5. The summed E-state index contributed by atoms with van der Waals surface area (Å²) < 4.78 is 92.8. The highest BCUT2D eigenvalue weighted by Crippen LogP contribution is 2.39. The van der Waals surface area contributed by atoms with E-state index in [1.807, 2.05) is 32.4 Å². The first-order valence-electron chi connectivity index (χ1n) is 20.1. The number of carbonyl (C=O) groups excluding carboxylic acids is 1. The third kappa shape index (κ3) is 14.2. The number of ether oxygens (including phenoxy) is 3. The van der Waals surface area contributed by atoms with Crippen LogP contribution < -0.4 is 39.2 Å². The minimum Gasteiger partial charge on any atom is -0.481 e. The summed E-state index contributed by atoms with van der Waals surface area (Å²) in [6.07, 6.45) is 7.56. The van der Waals surface area contributed by atoms with Crippen molar-refractivity contribution in [1.82, 2.24) is 35.1 Å². The summed E-state index contributed by atoms with van der Waals surface area (Å²) in [5.41, 5.74) is 4.54. The summed E-state index contributed by atoms with van der Waals surface area (Å²) >= 11 is 0. The molecule has 20 nitrogen and oxygen atoms in total. The number of benzene rings is 2. The van der Waals surface area contributed by atoms with Gasteiger partial charge in [-0.25, -0.2) is 41.8 Å². The Labute approximate surface area is 393 Å². The van der Waals surface area contributed by atoms with Gasteiger partial charge in [0.2, 0.25) is 11.8 Å². The highest BCUT2D eigenvalue weighted by atomic mass is 32.2. The maximum Gasteiger partial charge on any atom is 0.333 e. The lowest BCUT2D eigenvalue weighted by molar-refractivity contribution is 0.256. The van der Waals surface area contributed by atoms with Crippen LogP contribution in [0.2, 0.25) is 0 Å². The fraction of sp³-hybridized carbons (Fsp3) is 0.273. The Balaban J connectivity index is 0.000000250. The molecule has 0 aliphatic rings. The van der Waals surface area contributed by atoms with Gasteiger partial charge in [0.25, 0.3) is 26.3 Å². The first-order valence-corrected chi connectivity index (χ1v) is 23.1. The van der Waals surface area contributed by atoms with E-state index in [-0.39, 0.29) is 28.4 Å². The number of urea groups is 1. The Kier molecular flexibility index (Phi) is 18.1. The van der Waals surface area contributed by atoms with Crippen LogP contribution in [0.3, 0.4) is 0 Å². The van der Waals surface area contributed by atoms with Crippen LogP contribution in [-0.2, 0) is 20.0 Å². The Bertz CT molecular complexity index is 3010. The number of amides is 2. The van der Waals surface area contributed by atoms with E-state index in [2.05, 4.69) is 35.7 Å². The number of carbonyl (C=O) groups is 1. The van der Waals surface area contributed by atoms with Crippen LogP contribution >= 0.6 is 0 Å². The molecule has 4 heterocycles. The van der Waals surface area contributed by atoms with E-state index in [1.54, 1.807) is 74.7 Å². The summed E-state index contributed by atoms with van der Waals surface area (Å²) in [5.74, 6) is 0.0102. The number of aromatic nitrogens is 6. The van der Waals surface area contributed by atoms with Crippen molar-refractivity contribution in [1.29, 1.82) is 5.26 Å². The summed E-state index contributed by atoms with van der Waals surface area (Å²) in [4.78, 5) is 24.2. The number of halogens is 2. The normalized spacial score (nSPS) is 11.0. The van der Waals surface area contributed by atoms with E-state index in [9.17, 15) is 30.4 Å². The fourth-order valence-electron chi connectivity index (χ4n) is 5.99. The quantitative estimate of drug-likeness (QED) is 0.105. The molecule has 0 aliphatic carbocycles. The molecule has 6 rings (SSSR count). The van der Waals surface area contributed by atoms with Gasteiger partial charge in [-0.1, -0.05) is 27.7 Å². The van der Waals surface area contributed by atoms with E-state index in [0.717, 1.165) is 0 Å². The lowest BCUT2D eigenvalue weighted by atomic mass is 9.94. The molecule has 0 spiro atoms. The van der Waals surface area contributed by atoms with Crippen molar-refractivity contribution in [2.45, 2.75) is 49.6 Å². The predicted octanol–water partition coefficient (Wildman–Crippen LogP) is 6.46. The first kappa shape index (κ1) is 53.0. The number of nitrogens with one attached hydrogen (secondary N) is 2. The number of nitriles is 1. The highest BCUT2D eigenvalue weighted by Gasteiger charge is 2.24. The molecule has 0 atom stereocenters. The standard InChI is InChI=1S/C22H25FN6O4S.C16H15FN2O2.C6H10N4O2S/c1-13(2)17-9-15(23)10-18(14-6-7-24-19(8-14)33-5)21(17)26-22(30)28-34(31,32)20-11-16(29(3)4)12-25-27-20;1-10(2)13-7-12(17)8-14(16(13)21-9-18)11-4-5-19-15(6-11)20-3;1-10(2)5-3-6(9-8-4-5)13(7,11)12/h6-13H,1-5H3,(H2,26,28,30);4-8,10H,1-3H3;3-4H,1-2H3,(H2,7,11,12). The molecule has 0 fully saturated rings. The monoisotopic (exact) mass is 976 g/mol. The lowest BCUT2D eigenvalue weighted by Gasteiger charge is -2.19. The number of hydrogen-bond acceptors (Lipinski definition) is 17. The Morgan fingerprint density at radius 3 is 1.66 bits per heavy atom. The van der Waals surface area contributed by atoms with E-state index < -0.39 is 36.9 Å². The summed E-state index contributed by atoms with van der Waals surface area (Å²) in [6.45, 7) is 7.48. The fourth-order valence-corrected chi connectivity index (χ4v) is 7.27. The molecule has 4 aromatic heterocycles. The zero-order chi connectivity index (χ0) is 50.5. The van der Waals surface area contributed by atoms with Gasteiger partial charge in [-0.15, -0.1) is 15.5 Å². The molecule has 24 heteroatoms. The average Bonchev–Trinajstić information content (AvgIpc) is 3.29. The number of pyridine rings is 2. The van der Waals surface area contributed by atoms with E-state index in [0.29, 0.717) is 62.3 Å². The van der Waals surface area contributed by atoms with Gasteiger partial charge >= 0.3 is 6.03 Å². The van der Waals surface area contributed by atoms with Gasteiger partial charge in [-0.05, 0) is 64.9 Å². The summed E-state index contributed by atoms with van der Waals surface area (Å²) in [6, 6.07) is 13.5. The van der Waals surface area contributed by atoms with Crippen molar-refractivity contribution in [2.24, 2.45) is 5.14 Å². The van der Waals surface area contributed by atoms with Crippen LogP contribution in [-0.4, -0.2) is 95.6 Å². The van der Waals surface area contributed by atoms with Crippen molar-refractivity contribution in [3.8, 4) is 46.0 Å². The molecule has 0 saturated heterocycles. The molecule has 6 aromatic rings. The number of sulfonamides is 2. The number of nitrogens with two attached hydrogens (primary N) is 1. The van der Waals surface area contributed by atoms with Gasteiger partial charge < -0.3 is 29.3 Å². The van der Waals surface area contributed by atoms with Gasteiger partial charge in [-0.3, -0.25) is 0 Å². The SMILES string of the molecule is CN(C)c1cnnc(S(N)(=O)=O)c1.COc1cc(-c2cc(F)cc(C(C)C)c2NC(=O)NS(=O)(=O)c2cc(N(C)C)cnn2)ccn1.COc1cc(-c2cc(F)cc(C(C)C)c2OC#N)ccn1. The topological polar surface area (TPSA) is 271 Å². The lowest BCUT2D eigenvalue weighted by Crippen LogP contribution is -2.35. The second-order valence-corrected chi connectivity index (χ2v) is 18.5. The summed E-state index contributed by atoms with van der Waals surface area (Å²) in [7, 11) is 1.82. The molecule has 2 amide bonds. The van der Waals surface area contributed by atoms with E-state index >= 15 is 0 Å². The second kappa shape index (κ2) is 23.2. The molecule has 68 heavy (non-hydrogen) atoms. The van der Waals surface area contributed by atoms with Crippen LogP contribution in [0.5, 0.6) is 17.5 Å². The van der Waals surface area contributed by atoms with Gasteiger partial charge in [0, 0.05) is 81.5 Å². The maximum absolute atomic E-state index is 14.5. The molecule has 0 unspecified atom stereocenters. The van der Waals surface area contributed by atoms with Crippen molar-refractivity contribution in [3.63, 3.8) is 0 Å². The molecule has 0 radical (unpaired) electrons. The van der Waals surface area contributed by atoms with Crippen LogP contribution in [0.15, 0.2) is 95.5 Å². The molecule has 0 saturated carbocycles. The molecular weight excluding hydrogens is 927 g/mol.